The average molecular weight is 396 g/mol. The van der Waals surface area contributed by atoms with Crippen molar-refractivity contribution in [2.45, 2.75) is 26.3 Å². The Labute approximate surface area is 172 Å². The van der Waals surface area contributed by atoms with Crippen molar-refractivity contribution >= 4 is 23.2 Å². The van der Waals surface area contributed by atoms with Crippen LogP contribution in [0.5, 0.6) is 0 Å². The Morgan fingerprint density at radius 1 is 1.00 bits per heavy atom. The smallest absolute Gasteiger partial charge is 0.274 e. The van der Waals surface area contributed by atoms with Crippen molar-refractivity contribution < 1.29 is 9.59 Å². The highest BCUT2D eigenvalue weighted by atomic mass is 16.2. The lowest BCUT2D eigenvalue weighted by molar-refractivity contribution is 0.0934. The van der Waals surface area contributed by atoms with Crippen LogP contribution in [0.25, 0.3) is 0 Å². The van der Waals surface area contributed by atoms with Gasteiger partial charge in [0.1, 0.15) is 11.4 Å². The van der Waals surface area contributed by atoms with E-state index in [1.165, 1.54) is 0 Å². The fourth-order valence-corrected chi connectivity index (χ4v) is 3.10. The molecule has 1 aromatic carbocycles. The van der Waals surface area contributed by atoms with E-state index >= 15 is 0 Å². The van der Waals surface area contributed by atoms with Gasteiger partial charge in [-0.05, 0) is 56.8 Å². The summed E-state index contributed by atoms with van der Waals surface area (Å²) in [6.07, 6.45) is 0.829. The molecule has 1 atom stereocenters. The van der Waals surface area contributed by atoms with E-state index in [0.29, 0.717) is 5.69 Å². The lowest BCUT2D eigenvalue weighted by Crippen LogP contribution is -2.44. The topological polar surface area (TPSA) is 77.6 Å². The summed E-state index contributed by atoms with van der Waals surface area (Å²) in [5.41, 5.74) is 2.30. The van der Waals surface area contributed by atoms with Crippen molar-refractivity contribution in [2.75, 3.05) is 43.4 Å². The SMILES string of the molecule is CCC(C)NC(=O)c1cccc(C(=O)Nc2ccc(N3CCN(C)CC3)cc2)n1. The molecule has 1 aliphatic heterocycles. The number of rotatable bonds is 6. The summed E-state index contributed by atoms with van der Waals surface area (Å²) in [5, 5.41) is 5.71. The molecule has 0 saturated carbocycles. The Morgan fingerprint density at radius 2 is 1.62 bits per heavy atom. The van der Waals surface area contributed by atoms with Crippen LogP contribution in [-0.4, -0.2) is 61.0 Å². The van der Waals surface area contributed by atoms with Gasteiger partial charge in [-0.2, -0.15) is 0 Å². The lowest BCUT2D eigenvalue weighted by Gasteiger charge is -2.34. The largest absolute Gasteiger partial charge is 0.369 e. The van der Waals surface area contributed by atoms with Crippen molar-refractivity contribution in [3.63, 3.8) is 0 Å². The van der Waals surface area contributed by atoms with Gasteiger partial charge >= 0.3 is 0 Å². The third-order valence-electron chi connectivity index (χ3n) is 5.20. The Kier molecular flexibility index (Phi) is 6.82. The number of anilines is 2. The number of piperazine rings is 1. The van der Waals surface area contributed by atoms with Crippen LogP contribution in [0.1, 0.15) is 41.2 Å². The van der Waals surface area contributed by atoms with E-state index in [4.69, 9.17) is 0 Å². The van der Waals surface area contributed by atoms with Gasteiger partial charge in [-0.1, -0.05) is 13.0 Å². The van der Waals surface area contributed by atoms with Crippen molar-refractivity contribution in [3.05, 3.63) is 53.9 Å². The van der Waals surface area contributed by atoms with E-state index in [9.17, 15) is 9.59 Å². The number of pyridine rings is 1. The summed E-state index contributed by atoms with van der Waals surface area (Å²) in [5.74, 6) is -0.610. The molecule has 1 aliphatic rings. The van der Waals surface area contributed by atoms with Crippen LogP contribution in [0.15, 0.2) is 42.5 Å². The van der Waals surface area contributed by atoms with Crippen molar-refractivity contribution in [1.29, 1.82) is 0 Å². The van der Waals surface area contributed by atoms with Crippen molar-refractivity contribution in [3.8, 4) is 0 Å². The molecule has 7 heteroatoms. The van der Waals surface area contributed by atoms with Gasteiger partial charge in [0.25, 0.3) is 11.8 Å². The number of benzene rings is 1. The van der Waals surface area contributed by atoms with Gasteiger partial charge in [-0.3, -0.25) is 9.59 Å². The molecule has 2 aromatic rings. The molecule has 154 valence electrons. The first-order valence-electron chi connectivity index (χ1n) is 10.1. The monoisotopic (exact) mass is 395 g/mol. The molecule has 0 aliphatic carbocycles. The first kappa shape index (κ1) is 20.8. The minimum atomic E-state index is -0.337. The second-order valence-corrected chi connectivity index (χ2v) is 7.48. The highest BCUT2D eigenvalue weighted by molar-refractivity contribution is 6.04. The van der Waals surface area contributed by atoms with Crippen LogP contribution in [0.2, 0.25) is 0 Å². The van der Waals surface area contributed by atoms with Crippen LogP contribution in [0, 0.1) is 0 Å². The maximum absolute atomic E-state index is 12.6. The standard InChI is InChI=1S/C22H29N5O2/c1-4-16(2)23-21(28)19-6-5-7-20(25-19)22(29)24-17-8-10-18(11-9-17)27-14-12-26(3)13-15-27/h5-11,16H,4,12-15H2,1-3H3,(H,23,28)(H,24,29). The minimum Gasteiger partial charge on any atom is -0.369 e. The third kappa shape index (κ3) is 5.54. The van der Waals surface area contributed by atoms with E-state index in [0.717, 1.165) is 38.3 Å². The second kappa shape index (κ2) is 9.52. The predicted octanol–water partition coefficient (Wildman–Crippen LogP) is 2.61. The number of hydrogen-bond donors (Lipinski definition) is 2. The normalized spacial score (nSPS) is 15.6. The molecule has 2 N–H and O–H groups in total. The molecular weight excluding hydrogens is 366 g/mol. The summed E-state index contributed by atoms with van der Waals surface area (Å²) in [6, 6.07) is 12.8. The van der Waals surface area contributed by atoms with E-state index in [1.54, 1.807) is 18.2 Å². The Balaban J connectivity index is 1.63. The zero-order valence-electron chi connectivity index (χ0n) is 17.3. The molecule has 7 nitrogen and oxygen atoms in total. The van der Waals surface area contributed by atoms with E-state index in [1.807, 2.05) is 38.1 Å². The number of amides is 2. The molecule has 0 radical (unpaired) electrons. The van der Waals surface area contributed by atoms with E-state index < -0.39 is 0 Å². The number of carbonyl (C=O) groups excluding carboxylic acids is 2. The number of aromatic nitrogens is 1. The van der Waals surface area contributed by atoms with Gasteiger partial charge < -0.3 is 20.4 Å². The first-order valence-corrected chi connectivity index (χ1v) is 10.1. The molecule has 1 fully saturated rings. The summed E-state index contributed by atoms with van der Waals surface area (Å²) >= 11 is 0. The van der Waals surface area contributed by atoms with E-state index in [-0.39, 0.29) is 29.2 Å². The Hall–Kier alpha value is -2.93. The van der Waals surface area contributed by atoms with Crippen LogP contribution in [-0.2, 0) is 0 Å². The van der Waals surface area contributed by atoms with Gasteiger partial charge in [0.2, 0.25) is 0 Å². The van der Waals surface area contributed by atoms with Crippen LogP contribution >= 0.6 is 0 Å². The average Bonchev–Trinajstić information content (AvgIpc) is 2.75. The summed E-state index contributed by atoms with van der Waals surface area (Å²) in [4.78, 5) is 33.7. The van der Waals surface area contributed by atoms with E-state index in [2.05, 4.69) is 32.5 Å². The summed E-state index contributed by atoms with van der Waals surface area (Å²) in [7, 11) is 2.13. The number of carbonyl (C=O) groups is 2. The maximum atomic E-state index is 12.6. The van der Waals surface area contributed by atoms with Crippen molar-refractivity contribution in [1.82, 2.24) is 15.2 Å². The molecule has 2 amide bonds. The summed E-state index contributed by atoms with van der Waals surface area (Å²) in [6.45, 7) is 8.02. The molecule has 2 heterocycles. The van der Waals surface area contributed by atoms with Crippen LogP contribution < -0.4 is 15.5 Å². The molecular formula is C22H29N5O2. The Morgan fingerprint density at radius 3 is 2.24 bits per heavy atom. The molecule has 0 bridgehead atoms. The van der Waals surface area contributed by atoms with Gasteiger partial charge in [0.05, 0.1) is 0 Å². The van der Waals surface area contributed by atoms with Gasteiger partial charge in [-0.15, -0.1) is 0 Å². The number of nitrogens with one attached hydrogen (secondary N) is 2. The van der Waals surface area contributed by atoms with Gasteiger partial charge in [0.15, 0.2) is 0 Å². The fraction of sp³-hybridized carbons (Fsp3) is 0.409. The molecule has 29 heavy (non-hydrogen) atoms. The predicted molar refractivity (Wildman–Crippen MR) is 116 cm³/mol. The zero-order chi connectivity index (χ0) is 20.8. The fourth-order valence-electron chi connectivity index (χ4n) is 3.10. The number of likely N-dealkylation sites (N-methyl/N-ethyl adjacent to an activating group) is 1. The minimum absolute atomic E-state index is 0.0561. The maximum Gasteiger partial charge on any atom is 0.274 e. The number of hydrogen-bond acceptors (Lipinski definition) is 5. The van der Waals surface area contributed by atoms with Crippen molar-refractivity contribution in [2.24, 2.45) is 0 Å². The molecule has 3 rings (SSSR count). The van der Waals surface area contributed by atoms with Crippen LogP contribution in [0.3, 0.4) is 0 Å². The first-order chi connectivity index (χ1) is 14.0. The highest BCUT2D eigenvalue weighted by Crippen LogP contribution is 2.19. The molecule has 1 aromatic heterocycles. The molecule has 1 saturated heterocycles. The summed E-state index contributed by atoms with van der Waals surface area (Å²) < 4.78 is 0. The van der Waals surface area contributed by atoms with Crippen LogP contribution in [0.4, 0.5) is 11.4 Å². The lowest BCUT2D eigenvalue weighted by atomic mass is 10.2. The third-order valence-corrected chi connectivity index (χ3v) is 5.20. The zero-order valence-corrected chi connectivity index (χ0v) is 17.3. The molecule has 0 spiro atoms. The number of nitrogens with zero attached hydrogens (tertiary/aromatic N) is 3. The van der Waals surface area contributed by atoms with Gasteiger partial charge in [0, 0.05) is 43.6 Å². The quantitative estimate of drug-likeness (QED) is 0.786. The Bertz CT molecular complexity index is 845. The van der Waals surface area contributed by atoms with Gasteiger partial charge in [-0.25, -0.2) is 4.98 Å². The highest BCUT2D eigenvalue weighted by Gasteiger charge is 2.16. The molecule has 1 unspecified atom stereocenters. The second-order valence-electron chi connectivity index (χ2n) is 7.48.